The molecule has 4 rings (SSSR count). The third-order valence-corrected chi connectivity index (χ3v) is 4.30. The Morgan fingerprint density at radius 3 is 2.88 bits per heavy atom. The Labute approximate surface area is 144 Å². The maximum atomic E-state index is 5.98. The number of hydrogen-bond donors (Lipinski definition) is 1. The zero-order valence-corrected chi connectivity index (χ0v) is 14.0. The summed E-state index contributed by atoms with van der Waals surface area (Å²) in [6.45, 7) is 2.42. The standard InChI is InChI=1S/C17H18N6O2/c1-10-18-7-14(16-8-20-23-22-16)17(21-10)25-9-11-5-13(11)15-4-3-12(24-2)6-19-15/h3-4,6-8,11,13H,5,9H2,1-2H3,(H,20,22,23)/t11?,13-/m1/s1. The zero-order chi connectivity index (χ0) is 17.2. The Balaban J connectivity index is 1.43. The molecule has 0 aromatic carbocycles. The van der Waals surface area contributed by atoms with Crippen molar-refractivity contribution in [2.24, 2.45) is 5.92 Å². The van der Waals surface area contributed by atoms with Crippen molar-refractivity contribution in [1.29, 1.82) is 0 Å². The number of rotatable bonds is 6. The quantitative estimate of drug-likeness (QED) is 0.735. The van der Waals surface area contributed by atoms with Crippen molar-refractivity contribution in [1.82, 2.24) is 30.4 Å². The van der Waals surface area contributed by atoms with Gasteiger partial charge in [-0.1, -0.05) is 5.21 Å². The van der Waals surface area contributed by atoms with Gasteiger partial charge in [0.2, 0.25) is 5.88 Å². The lowest BCUT2D eigenvalue weighted by molar-refractivity contribution is 0.285. The number of aromatic amines is 1. The number of aromatic nitrogens is 6. The molecule has 1 saturated carbocycles. The normalized spacial score (nSPS) is 18.8. The Kier molecular flexibility index (Phi) is 4.01. The summed E-state index contributed by atoms with van der Waals surface area (Å²) in [4.78, 5) is 13.1. The Morgan fingerprint density at radius 2 is 2.16 bits per heavy atom. The van der Waals surface area contributed by atoms with Gasteiger partial charge in [0.1, 0.15) is 17.3 Å². The molecular formula is C17H18N6O2. The molecule has 3 aromatic heterocycles. The summed E-state index contributed by atoms with van der Waals surface area (Å²) in [5.74, 6) is 2.82. The van der Waals surface area contributed by atoms with Crippen LogP contribution >= 0.6 is 0 Å². The number of nitrogens with one attached hydrogen (secondary N) is 1. The van der Waals surface area contributed by atoms with Crippen molar-refractivity contribution in [3.05, 3.63) is 42.2 Å². The van der Waals surface area contributed by atoms with E-state index in [1.54, 1.807) is 25.7 Å². The van der Waals surface area contributed by atoms with E-state index < -0.39 is 0 Å². The average molecular weight is 338 g/mol. The van der Waals surface area contributed by atoms with Crippen LogP contribution in [0.25, 0.3) is 11.3 Å². The highest BCUT2D eigenvalue weighted by Crippen LogP contribution is 2.47. The lowest BCUT2D eigenvalue weighted by Crippen LogP contribution is -2.05. The zero-order valence-electron chi connectivity index (χ0n) is 14.0. The highest BCUT2D eigenvalue weighted by Gasteiger charge is 2.40. The van der Waals surface area contributed by atoms with E-state index in [2.05, 4.69) is 30.4 Å². The SMILES string of the molecule is COc1ccc([C@@H]2CC2COc2nc(C)ncc2-c2c[nH]nn2)nc1. The molecular weight excluding hydrogens is 320 g/mol. The minimum Gasteiger partial charge on any atom is -0.495 e. The number of pyridine rings is 1. The van der Waals surface area contributed by atoms with Crippen LogP contribution in [0.4, 0.5) is 0 Å². The van der Waals surface area contributed by atoms with Gasteiger partial charge in [-0.05, 0) is 25.5 Å². The van der Waals surface area contributed by atoms with Crippen LogP contribution in [0.5, 0.6) is 11.6 Å². The van der Waals surface area contributed by atoms with Gasteiger partial charge in [-0.15, -0.1) is 5.10 Å². The highest BCUT2D eigenvalue weighted by molar-refractivity contribution is 5.62. The molecule has 0 bridgehead atoms. The molecule has 3 aromatic rings. The number of nitrogens with zero attached hydrogens (tertiary/aromatic N) is 5. The van der Waals surface area contributed by atoms with E-state index in [1.807, 2.05) is 19.1 Å². The minimum atomic E-state index is 0.421. The van der Waals surface area contributed by atoms with E-state index in [0.717, 1.165) is 23.4 Å². The average Bonchev–Trinajstić information content (AvgIpc) is 3.21. The van der Waals surface area contributed by atoms with Gasteiger partial charge in [0, 0.05) is 23.7 Å². The monoisotopic (exact) mass is 338 g/mol. The molecule has 8 heteroatoms. The fourth-order valence-corrected chi connectivity index (χ4v) is 2.78. The Hall–Kier alpha value is -3.03. The molecule has 0 saturated heterocycles. The van der Waals surface area contributed by atoms with Crippen LogP contribution in [-0.4, -0.2) is 44.1 Å². The second kappa shape index (κ2) is 6.46. The number of ether oxygens (including phenoxy) is 2. The number of aryl methyl sites for hydroxylation is 1. The van der Waals surface area contributed by atoms with Gasteiger partial charge in [0.25, 0.3) is 0 Å². The fraction of sp³-hybridized carbons (Fsp3) is 0.353. The maximum absolute atomic E-state index is 5.98. The molecule has 1 N–H and O–H groups in total. The predicted octanol–water partition coefficient (Wildman–Crippen LogP) is 2.16. The van der Waals surface area contributed by atoms with Crippen LogP contribution < -0.4 is 9.47 Å². The first-order valence-electron chi connectivity index (χ1n) is 8.08. The summed E-state index contributed by atoms with van der Waals surface area (Å²) >= 11 is 0. The molecule has 8 nitrogen and oxygen atoms in total. The van der Waals surface area contributed by atoms with E-state index in [0.29, 0.717) is 35.8 Å². The molecule has 0 aliphatic heterocycles. The molecule has 128 valence electrons. The topological polar surface area (TPSA) is 98.7 Å². The van der Waals surface area contributed by atoms with Crippen LogP contribution in [0, 0.1) is 12.8 Å². The summed E-state index contributed by atoms with van der Waals surface area (Å²) in [5.41, 5.74) is 2.48. The van der Waals surface area contributed by atoms with Gasteiger partial charge in [0.05, 0.1) is 31.7 Å². The van der Waals surface area contributed by atoms with Crippen molar-refractivity contribution in [3.8, 4) is 22.9 Å². The summed E-state index contributed by atoms with van der Waals surface area (Å²) in [6.07, 6.45) is 6.22. The van der Waals surface area contributed by atoms with E-state index in [1.165, 1.54) is 0 Å². The molecule has 1 aliphatic carbocycles. The second-order valence-corrected chi connectivity index (χ2v) is 6.03. The Morgan fingerprint density at radius 1 is 1.24 bits per heavy atom. The van der Waals surface area contributed by atoms with Crippen molar-refractivity contribution in [2.75, 3.05) is 13.7 Å². The summed E-state index contributed by atoms with van der Waals surface area (Å²) in [6, 6.07) is 3.95. The second-order valence-electron chi connectivity index (χ2n) is 6.03. The van der Waals surface area contributed by atoms with Crippen molar-refractivity contribution in [3.63, 3.8) is 0 Å². The van der Waals surface area contributed by atoms with E-state index >= 15 is 0 Å². The fourth-order valence-electron chi connectivity index (χ4n) is 2.78. The van der Waals surface area contributed by atoms with Crippen molar-refractivity contribution >= 4 is 0 Å². The van der Waals surface area contributed by atoms with E-state index in [9.17, 15) is 0 Å². The minimum absolute atomic E-state index is 0.421. The van der Waals surface area contributed by atoms with Gasteiger partial charge in [0.15, 0.2) is 0 Å². The lowest BCUT2D eigenvalue weighted by atomic mass is 10.2. The van der Waals surface area contributed by atoms with E-state index in [4.69, 9.17) is 9.47 Å². The third kappa shape index (κ3) is 3.28. The molecule has 0 radical (unpaired) electrons. The van der Waals surface area contributed by atoms with Gasteiger partial charge in [-0.25, -0.2) is 4.98 Å². The summed E-state index contributed by atoms with van der Waals surface area (Å²) < 4.78 is 11.1. The molecule has 3 heterocycles. The van der Waals surface area contributed by atoms with Gasteiger partial charge < -0.3 is 9.47 Å². The smallest absolute Gasteiger partial charge is 0.226 e. The third-order valence-electron chi connectivity index (χ3n) is 4.30. The van der Waals surface area contributed by atoms with Crippen molar-refractivity contribution < 1.29 is 9.47 Å². The maximum Gasteiger partial charge on any atom is 0.226 e. The van der Waals surface area contributed by atoms with Crippen LogP contribution in [0.3, 0.4) is 0 Å². The van der Waals surface area contributed by atoms with E-state index in [-0.39, 0.29) is 0 Å². The van der Waals surface area contributed by atoms with Crippen LogP contribution in [0.2, 0.25) is 0 Å². The molecule has 0 amide bonds. The Bertz CT molecular complexity index is 850. The predicted molar refractivity (Wildman–Crippen MR) is 89.3 cm³/mol. The van der Waals surface area contributed by atoms with Gasteiger partial charge in [-0.3, -0.25) is 10.1 Å². The number of H-pyrrole nitrogens is 1. The number of hydrogen-bond acceptors (Lipinski definition) is 7. The van der Waals surface area contributed by atoms with Crippen LogP contribution in [0.1, 0.15) is 23.9 Å². The van der Waals surface area contributed by atoms with Crippen LogP contribution in [0.15, 0.2) is 30.7 Å². The first-order chi connectivity index (χ1) is 12.2. The first-order valence-corrected chi connectivity index (χ1v) is 8.08. The summed E-state index contributed by atoms with van der Waals surface area (Å²) in [7, 11) is 1.64. The first kappa shape index (κ1) is 15.5. The van der Waals surface area contributed by atoms with Crippen LogP contribution in [-0.2, 0) is 0 Å². The number of methoxy groups -OCH3 is 1. The largest absolute Gasteiger partial charge is 0.495 e. The van der Waals surface area contributed by atoms with Crippen molar-refractivity contribution in [2.45, 2.75) is 19.3 Å². The highest BCUT2D eigenvalue weighted by atomic mass is 16.5. The molecule has 25 heavy (non-hydrogen) atoms. The van der Waals surface area contributed by atoms with Gasteiger partial charge >= 0.3 is 0 Å². The summed E-state index contributed by atoms with van der Waals surface area (Å²) in [5, 5.41) is 10.4. The molecule has 1 unspecified atom stereocenters. The molecule has 1 fully saturated rings. The molecule has 0 spiro atoms. The lowest BCUT2D eigenvalue weighted by Gasteiger charge is -2.09. The molecule has 2 atom stereocenters. The van der Waals surface area contributed by atoms with Gasteiger partial charge in [-0.2, -0.15) is 4.98 Å². The molecule has 1 aliphatic rings.